The average Bonchev–Trinajstić information content (AvgIpc) is 3.07. The van der Waals surface area contributed by atoms with E-state index in [2.05, 4.69) is 48.8 Å². The monoisotopic (exact) mass is 663 g/mol. The van der Waals surface area contributed by atoms with Gasteiger partial charge in [-0.05, 0) is 103 Å². The fourth-order valence-corrected chi connectivity index (χ4v) is 6.21. The molecule has 5 nitrogen and oxygen atoms in total. The first-order chi connectivity index (χ1) is 23.3. The molecule has 0 bridgehead atoms. The quantitative estimate of drug-likeness (QED) is 0.0298. The van der Waals surface area contributed by atoms with Crippen molar-refractivity contribution < 1.29 is 4.74 Å². The van der Waals surface area contributed by atoms with Gasteiger partial charge in [-0.15, -0.1) is 0 Å². The fraction of sp³-hybridized carbons (Fsp3) is 0.905. The first-order valence-electron chi connectivity index (χ1n) is 21.1. The first kappa shape index (κ1) is 46.3. The number of ether oxygens (including phenoxy) is 1. The molecule has 0 aromatic rings. The molecule has 0 radical (unpaired) electrons. The maximum absolute atomic E-state index is 6.39. The Balaban J connectivity index is 3.75. The van der Waals surface area contributed by atoms with Crippen LogP contribution >= 0.6 is 0 Å². The Morgan fingerprint density at radius 3 is 0.979 bits per heavy atom. The number of rotatable bonds is 40. The molecular weight excluding hydrogens is 576 g/mol. The molecule has 0 fully saturated rings. The van der Waals surface area contributed by atoms with E-state index in [1.807, 2.05) is 0 Å². The number of hydrogen-bond donors (Lipinski definition) is 4. The molecule has 0 aliphatic rings. The zero-order valence-electron chi connectivity index (χ0n) is 32.1. The molecule has 6 N–H and O–H groups in total. The van der Waals surface area contributed by atoms with E-state index in [1.165, 1.54) is 180 Å². The van der Waals surface area contributed by atoms with Crippen LogP contribution in [0.15, 0.2) is 24.3 Å². The van der Waals surface area contributed by atoms with Gasteiger partial charge in [-0.2, -0.15) is 0 Å². The summed E-state index contributed by atoms with van der Waals surface area (Å²) < 4.78 is 6.39. The number of allylic oxidation sites excluding steroid dienone is 4. The van der Waals surface area contributed by atoms with Gasteiger partial charge in [-0.1, -0.05) is 154 Å². The largest absolute Gasteiger partial charge is 0.345 e. The van der Waals surface area contributed by atoms with E-state index >= 15 is 0 Å². The molecule has 0 aromatic heterocycles. The van der Waals surface area contributed by atoms with Crippen LogP contribution in [-0.2, 0) is 4.74 Å². The highest BCUT2D eigenvalue weighted by Gasteiger charge is 2.15. The van der Waals surface area contributed by atoms with E-state index in [9.17, 15) is 0 Å². The number of nitrogens with one attached hydrogen (secondary N) is 2. The minimum atomic E-state index is 0.00650. The molecule has 47 heavy (non-hydrogen) atoms. The standard InChI is InChI=1S/C42H86N4O/c1-3-5-7-9-11-13-15-17-19-21-23-25-27-29-31-33-39-45-41(35-37-43)47-42(36-38-44)46-40-34-32-30-28-26-24-22-20-18-16-14-12-10-8-6-4-2/h17-20,41-42,45-46H,3-16,21-40,43-44H2,1-2H3/b19-17-,20-18-. The molecule has 5 heteroatoms. The van der Waals surface area contributed by atoms with Crippen LogP contribution < -0.4 is 22.1 Å². The molecule has 0 aliphatic heterocycles. The van der Waals surface area contributed by atoms with Crippen LogP contribution in [0.1, 0.15) is 206 Å². The summed E-state index contributed by atoms with van der Waals surface area (Å²) in [4.78, 5) is 0. The number of nitrogens with two attached hydrogens (primary N) is 2. The van der Waals surface area contributed by atoms with Gasteiger partial charge >= 0.3 is 0 Å². The molecule has 0 aromatic carbocycles. The Hall–Kier alpha value is -0.720. The van der Waals surface area contributed by atoms with Crippen molar-refractivity contribution >= 4 is 0 Å². The Kier molecular flexibility index (Phi) is 40.8. The third-order valence-electron chi connectivity index (χ3n) is 9.31. The molecular formula is C42H86N4O. The van der Waals surface area contributed by atoms with E-state index in [4.69, 9.17) is 16.2 Å². The van der Waals surface area contributed by atoms with Crippen LogP contribution in [0.5, 0.6) is 0 Å². The second kappa shape index (κ2) is 41.5. The summed E-state index contributed by atoms with van der Waals surface area (Å²) in [5.41, 5.74) is 11.8. The van der Waals surface area contributed by atoms with Crippen LogP contribution in [0.25, 0.3) is 0 Å². The predicted octanol–water partition coefficient (Wildman–Crippen LogP) is 11.6. The van der Waals surface area contributed by atoms with Gasteiger partial charge < -0.3 is 16.2 Å². The zero-order chi connectivity index (χ0) is 34.1. The van der Waals surface area contributed by atoms with Gasteiger partial charge in [-0.25, -0.2) is 0 Å². The minimum Gasteiger partial charge on any atom is -0.345 e. The Morgan fingerprint density at radius 2 is 0.681 bits per heavy atom. The van der Waals surface area contributed by atoms with E-state index in [1.54, 1.807) is 0 Å². The van der Waals surface area contributed by atoms with Gasteiger partial charge in [0.15, 0.2) is 0 Å². The van der Waals surface area contributed by atoms with Crippen molar-refractivity contribution in [2.24, 2.45) is 11.5 Å². The molecule has 280 valence electrons. The molecule has 0 heterocycles. The van der Waals surface area contributed by atoms with E-state index in [-0.39, 0.29) is 12.5 Å². The van der Waals surface area contributed by atoms with Crippen LogP contribution in [0.4, 0.5) is 0 Å². The van der Waals surface area contributed by atoms with Crippen molar-refractivity contribution in [2.75, 3.05) is 26.2 Å². The fourth-order valence-electron chi connectivity index (χ4n) is 6.21. The van der Waals surface area contributed by atoms with Crippen molar-refractivity contribution in [1.82, 2.24) is 10.6 Å². The zero-order valence-corrected chi connectivity index (χ0v) is 32.1. The Morgan fingerprint density at radius 1 is 0.404 bits per heavy atom. The summed E-state index contributed by atoms with van der Waals surface area (Å²) in [6.45, 7) is 7.83. The van der Waals surface area contributed by atoms with Crippen molar-refractivity contribution in [3.63, 3.8) is 0 Å². The maximum atomic E-state index is 6.39. The highest BCUT2D eigenvalue weighted by atomic mass is 16.5. The summed E-state index contributed by atoms with van der Waals surface area (Å²) in [7, 11) is 0. The second-order valence-corrected chi connectivity index (χ2v) is 14.1. The van der Waals surface area contributed by atoms with Crippen LogP contribution in [-0.4, -0.2) is 38.6 Å². The lowest BCUT2D eigenvalue weighted by Gasteiger charge is -2.26. The van der Waals surface area contributed by atoms with E-state index in [0.29, 0.717) is 13.1 Å². The minimum absolute atomic E-state index is 0.00650. The van der Waals surface area contributed by atoms with Gasteiger partial charge in [0, 0.05) is 0 Å². The molecule has 0 amide bonds. The molecule has 0 saturated heterocycles. The summed E-state index contributed by atoms with van der Waals surface area (Å²) in [5, 5.41) is 7.24. The third kappa shape index (κ3) is 37.9. The molecule has 2 atom stereocenters. The van der Waals surface area contributed by atoms with Crippen molar-refractivity contribution in [3.8, 4) is 0 Å². The van der Waals surface area contributed by atoms with E-state index in [0.717, 1.165) is 25.9 Å². The molecule has 2 unspecified atom stereocenters. The lowest BCUT2D eigenvalue weighted by Crippen LogP contribution is -2.43. The van der Waals surface area contributed by atoms with Crippen molar-refractivity contribution in [2.45, 2.75) is 219 Å². The normalized spacial score (nSPS) is 13.4. The molecule has 0 aliphatic carbocycles. The highest BCUT2D eigenvalue weighted by molar-refractivity contribution is 4.82. The highest BCUT2D eigenvalue weighted by Crippen LogP contribution is 2.12. The lowest BCUT2D eigenvalue weighted by molar-refractivity contribution is -0.0515. The SMILES string of the molecule is CCCCCCCC/C=C\CCCCCCCCNC(CCN)OC(CCN)NCCCCCCCC/C=C\CCCCCCCC. The van der Waals surface area contributed by atoms with Gasteiger partial charge in [0.1, 0.15) is 12.5 Å². The van der Waals surface area contributed by atoms with E-state index < -0.39 is 0 Å². The summed E-state index contributed by atoms with van der Waals surface area (Å²) in [5.74, 6) is 0. The third-order valence-corrected chi connectivity index (χ3v) is 9.31. The Labute approximate surface area is 295 Å². The van der Waals surface area contributed by atoms with Crippen LogP contribution in [0.2, 0.25) is 0 Å². The first-order valence-corrected chi connectivity index (χ1v) is 21.1. The summed E-state index contributed by atoms with van der Waals surface area (Å²) in [6, 6.07) is 0. The average molecular weight is 663 g/mol. The van der Waals surface area contributed by atoms with Gasteiger partial charge in [0.05, 0.1) is 0 Å². The summed E-state index contributed by atoms with van der Waals surface area (Å²) >= 11 is 0. The van der Waals surface area contributed by atoms with Gasteiger partial charge in [0.25, 0.3) is 0 Å². The number of unbranched alkanes of at least 4 members (excludes halogenated alkanes) is 24. The van der Waals surface area contributed by atoms with Gasteiger partial charge in [-0.3, -0.25) is 10.6 Å². The summed E-state index contributed by atoms with van der Waals surface area (Å²) in [6.07, 6.45) is 48.9. The smallest absolute Gasteiger partial charge is 0.111 e. The van der Waals surface area contributed by atoms with Crippen molar-refractivity contribution in [1.29, 1.82) is 0 Å². The second-order valence-electron chi connectivity index (χ2n) is 14.1. The van der Waals surface area contributed by atoms with Gasteiger partial charge in [0.2, 0.25) is 0 Å². The van der Waals surface area contributed by atoms with Crippen LogP contribution in [0.3, 0.4) is 0 Å². The number of hydrogen-bond acceptors (Lipinski definition) is 5. The molecule has 0 saturated carbocycles. The predicted molar refractivity (Wildman–Crippen MR) is 211 cm³/mol. The molecule has 0 spiro atoms. The molecule has 0 rings (SSSR count). The topological polar surface area (TPSA) is 85.3 Å². The van der Waals surface area contributed by atoms with Crippen LogP contribution in [0, 0.1) is 0 Å². The lowest BCUT2D eigenvalue weighted by atomic mass is 10.1. The maximum Gasteiger partial charge on any atom is 0.111 e. The van der Waals surface area contributed by atoms with Crippen molar-refractivity contribution in [3.05, 3.63) is 24.3 Å². The Bertz CT molecular complexity index is 574.